The summed E-state index contributed by atoms with van der Waals surface area (Å²) in [6.45, 7) is 0. The van der Waals surface area contributed by atoms with E-state index >= 15 is 0 Å². The molecule has 4 rings (SSSR count). The molecule has 0 spiro atoms. The largest absolute Gasteiger partial charge is 0.454 e. The summed E-state index contributed by atoms with van der Waals surface area (Å²) in [5.74, 6) is 1.24. The number of aromatic amines is 1. The van der Waals surface area contributed by atoms with Crippen LogP contribution < -0.4 is 21.1 Å². The second-order valence-corrected chi connectivity index (χ2v) is 5.74. The molecule has 0 unspecified atom stereocenters. The van der Waals surface area contributed by atoms with Gasteiger partial charge in [0.1, 0.15) is 17.4 Å². The topological polar surface area (TPSA) is 114 Å². The molecule has 0 aliphatic rings. The van der Waals surface area contributed by atoms with Crippen molar-refractivity contribution in [2.75, 3.05) is 23.4 Å². The van der Waals surface area contributed by atoms with E-state index in [1.54, 1.807) is 43.6 Å². The van der Waals surface area contributed by atoms with E-state index in [1.165, 1.54) is 6.07 Å². The maximum Gasteiger partial charge on any atom is 0.223 e. The van der Waals surface area contributed by atoms with E-state index in [0.717, 1.165) is 10.9 Å². The van der Waals surface area contributed by atoms with Crippen LogP contribution in [0.25, 0.3) is 10.9 Å². The number of nitrogens with one attached hydrogen (secondary N) is 3. The van der Waals surface area contributed by atoms with Gasteiger partial charge in [0, 0.05) is 30.3 Å². The van der Waals surface area contributed by atoms with Gasteiger partial charge in [-0.05, 0) is 30.3 Å². The number of fused-ring (bicyclic) bond motifs is 1. The van der Waals surface area contributed by atoms with Crippen LogP contribution in [0.2, 0.25) is 0 Å². The molecule has 0 fully saturated rings. The summed E-state index contributed by atoms with van der Waals surface area (Å²) in [7, 11) is 1.72. The van der Waals surface area contributed by atoms with Gasteiger partial charge in [0.15, 0.2) is 11.6 Å². The molecule has 0 amide bonds. The van der Waals surface area contributed by atoms with Crippen molar-refractivity contribution in [1.29, 1.82) is 0 Å². The number of nitrogen functional groups attached to an aromatic ring is 1. The molecule has 4 aromatic rings. The number of hydrogen-bond donors (Lipinski definition) is 4. The number of anilines is 4. The highest BCUT2D eigenvalue weighted by molar-refractivity contribution is 5.79. The minimum Gasteiger partial charge on any atom is -0.454 e. The van der Waals surface area contributed by atoms with Gasteiger partial charge in [-0.3, -0.25) is 5.10 Å². The van der Waals surface area contributed by atoms with Crippen LogP contribution in [-0.4, -0.2) is 27.2 Å². The molecule has 0 saturated carbocycles. The number of ether oxygens (including phenoxy) is 1. The Morgan fingerprint density at radius 2 is 1.93 bits per heavy atom. The van der Waals surface area contributed by atoms with E-state index < -0.39 is 5.82 Å². The normalized spacial score (nSPS) is 10.7. The Kier molecular flexibility index (Phi) is 4.17. The Labute approximate surface area is 153 Å². The summed E-state index contributed by atoms with van der Waals surface area (Å²) < 4.78 is 20.1. The van der Waals surface area contributed by atoms with Crippen LogP contribution in [-0.2, 0) is 0 Å². The van der Waals surface area contributed by atoms with Crippen molar-refractivity contribution in [3.05, 3.63) is 54.5 Å². The highest BCUT2D eigenvalue weighted by Crippen LogP contribution is 2.29. The van der Waals surface area contributed by atoms with E-state index in [0.29, 0.717) is 23.1 Å². The first-order chi connectivity index (χ1) is 13.1. The Morgan fingerprint density at radius 1 is 1.07 bits per heavy atom. The van der Waals surface area contributed by atoms with Crippen molar-refractivity contribution in [3.8, 4) is 11.5 Å². The first-order valence-electron chi connectivity index (χ1n) is 8.10. The van der Waals surface area contributed by atoms with Gasteiger partial charge in [-0.1, -0.05) is 0 Å². The Hall–Kier alpha value is -3.88. The Bertz CT molecular complexity index is 1110. The van der Waals surface area contributed by atoms with E-state index in [4.69, 9.17) is 10.5 Å². The fourth-order valence-electron chi connectivity index (χ4n) is 2.58. The smallest absolute Gasteiger partial charge is 0.223 e. The van der Waals surface area contributed by atoms with E-state index in [2.05, 4.69) is 30.8 Å². The molecule has 5 N–H and O–H groups in total. The Balaban J connectivity index is 1.54. The van der Waals surface area contributed by atoms with Crippen molar-refractivity contribution in [2.24, 2.45) is 0 Å². The van der Waals surface area contributed by atoms with Crippen LogP contribution in [0.4, 0.5) is 27.7 Å². The molecule has 2 aromatic heterocycles. The molecule has 136 valence electrons. The molecule has 0 atom stereocenters. The van der Waals surface area contributed by atoms with Crippen molar-refractivity contribution < 1.29 is 9.13 Å². The number of aromatic nitrogens is 4. The summed E-state index contributed by atoms with van der Waals surface area (Å²) in [5, 5.41) is 13.6. The lowest BCUT2D eigenvalue weighted by atomic mass is 10.2. The second kappa shape index (κ2) is 6.79. The lowest BCUT2D eigenvalue weighted by molar-refractivity contribution is 0.443. The van der Waals surface area contributed by atoms with Crippen molar-refractivity contribution in [3.63, 3.8) is 0 Å². The highest BCUT2D eigenvalue weighted by atomic mass is 19.1. The average Bonchev–Trinajstić information content (AvgIpc) is 3.11. The van der Waals surface area contributed by atoms with Gasteiger partial charge in [-0.2, -0.15) is 15.1 Å². The minimum atomic E-state index is -0.511. The van der Waals surface area contributed by atoms with Crippen LogP contribution in [0.3, 0.4) is 0 Å². The standard InChI is InChI=1S/C18H16FN7O/c1-21-16-8-17(25-18(20)24-16)23-11-2-5-15(13(19)7-11)27-12-3-4-14-10(6-12)9-22-26-14/h2-9H,1H3,(H,22,26)(H4,20,21,23,24,25). The fourth-order valence-corrected chi connectivity index (χ4v) is 2.58. The highest BCUT2D eigenvalue weighted by Gasteiger charge is 2.09. The SMILES string of the molecule is CNc1cc(Nc2ccc(Oc3ccc4[nH]ncc4c3)c(F)c2)nc(N)n1. The molecular formula is C18H16FN7O. The zero-order chi connectivity index (χ0) is 18.8. The summed E-state index contributed by atoms with van der Waals surface area (Å²) >= 11 is 0. The first kappa shape index (κ1) is 16.6. The van der Waals surface area contributed by atoms with Crippen LogP contribution >= 0.6 is 0 Å². The van der Waals surface area contributed by atoms with Gasteiger partial charge in [-0.15, -0.1) is 0 Å². The number of benzene rings is 2. The predicted octanol–water partition coefficient (Wildman–Crippen LogP) is 3.65. The van der Waals surface area contributed by atoms with Crippen LogP contribution in [0.15, 0.2) is 48.7 Å². The third-order valence-corrected chi connectivity index (χ3v) is 3.84. The van der Waals surface area contributed by atoms with Crippen molar-refractivity contribution in [2.45, 2.75) is 0 Å². The molecular weight excluding hydrogens is 349 g/mol. The number of H-pyrrole nitrogens is 1. The van der Waals surface area contributed by atoms with Gasteiger partial charge in [0.2, 0.25) is 5.95 Å². The summed E-state index contributed by atoms with van der Waals surface area (Å²) in [5.41, 5.74) is 7.04. The lowest BCUT2D eigenvalue weighted by Gasteiger charge is -2.11. The molecule has 0 aliphatic carbocycles. The van der Waals surface area contributed by atoms with E-state index in [9.17, 15) is 4.39 Å². The Morgan fingerprint density at radius 3 is 2.74 bits per heavy atom. The van der Waals surface area contributed by atoms with Gasteiger partial charge >= 0.3 is 0 Å². The molecule has 2 heterocycles. The maximum absolute atomic E-state index is 14.5. The molecule has 0 saturated heterocycles. The van der Waals surface area contributed by atoms with Crippen molar-refractivity contribution in [1.82, 2.24) is 20.2 Å². The predicted molar refractivity (Wildman–Crippen MR) is 102 cm³/mol. The molecule has 0 aliphatic heterocycles. The van der Waals surface area contributed by atoms with E-state index in [-0.39, 0.29) is 11.7 Å². The molecule has 0 bridgehead atoms. The van der Waals surface area contributed by atoms with Crippen LogP contribution in [0.5, 0.6) is 11.5 Å². The third kappa shape index (κ3) is 3.56. The zero-order valence-electron chi connectivity index (χ0n) is 14.3. The number of halogens is 1. The van der Waals surface area contributed by atoms with Gasteiger partial charge in [0.05, 0.1) is 11.7 Å². The number of nitrogens with zero attached hydrogens (tertiary/aromatic N) is 3. The molecule has 27 heavy (non-hydrogen) atoms. The number of rotatable bonds is 5. The van der Waals surface area contributed by atoms with Gasteiger partial charge in [0.25, 0.3) is 0 Å². The molecule has 0 radical (unpaired) electrons. The maximum atomic E-state index is 14.5. The molecule has 9 heteroatoms. The number of nitrogens with two attached hydrogens (primary N) is 1. The minimum absolute atomic E-state index is 0.111. The number of hydrogen-bond acceptors (Lipinski definition) is 7. The van der Waals surface area contributed by atoms with Crippen molar-refractivity contribution >= 4 is 34.2 Å². The van der Waals surface area contributed by atoms with Gasteiger partial charge in [-0.25, -0.2) is 4.39 Å². The van der Waals surface area contributed by atoms with Gasteiger partial charge < -0.3 is 21.1 Å². The first-order valence-corrected chi connectivity index (χ1v) is 8.10. The monoisotopic (exact) mass is 365 g/mol. The quantitative estimate of drug-likeness (QED) is 0.427. The summed E-state index contributed by atoms with van der Waals surface area (Å²) in [6.07, 6.45) is 1.68. The van der Waals surface area contributed by atoms with E-state index in [1.807, 2.05) is 6.07 Å². The third-order valence-electron chi connectivity index (χ3n) is 3.84. The fraction of sp³-hybridized carbons (Fsp3) is 0.0556. The lowest BCUT2D eigenvalue weighted by Crippen LogP contribution is -2.03. The zero-order valence-corrected chi connectivity index (χ0v) is 14.3. The van der Waals surface area contributed by atoms with Crippen LogP contribution in [0.1, 0.15) is 0 Å². The second-order valence-electron chi connectivity index (χ2n) is 5.74. The summed E-state index contributed by atoms with van der Waals surface area (Å²) in [6, 6.07) is 11.6. The molecule has 2 aromatic carbocycles. The average molecular weight is 365 g/mol. The van der Waals surface area contributed by atoms with Crippen LogP contribution in [0, 0.1) is 5.82 Å². The summed E-state index contributed by atoms with van der Waals surface area (Å²) in [4.78, 5) is 8.08. The molecule has 8 nitrogen and oxygen atoms in total.